The van der Waals surface area contributed by atoms with Gasteiger partial charge in [-0.25, -0.2) is 0 Å². The first-order valence-corrected chi connectivity index (χ1v) is 5.61. The number of carbonyl (C=O) groups excluding carboxylic acids is 1. The zero-order valence-corrected chi connectivity index (χ0v) is 9.16. The number of anilines is 1. The van der Waals surface area contributed by atoms with E-state index >= 15 is 0 Å². The Balaban J connectivity index is 2.04. The summed E-state index contributed by atoms with van der Waals surface area (Å²) in [6.45, 7) is 0. The number of methoxy groups -OCH3 is 1. The third kappa shape index (κ3) is 2.23. The minimum atomic E-state index is -0.274. The molecular weight excluding hydrogens is 216 g/mol. The molecule has 1 fully saturated rings. The van der Waals surface area contributed by atoms with E-state index in [0.29, 0.717) is 17.1 Å². The number of carbonyl (C=O) groups is 1. The summed E-state index contributed by atoms with van der Waals surface area (Å²) in [6, 6.07) is 0.417. The van der Waals surface area contributed by atoms with Crippen LogP contribution in [0.25, 0.3) is 0 Å². The van der Waals surface area contributed by atoms with Crippen LogP contribution in [0.1, 0.15) is 18.9 Å². The Morgan fingerprint density at radius 1 is 1.67 bits per heavy atom. The van der Waals surface area contributed by atoms with Crippen molar-refractivity contribution in [1.82, 2.24) is 14.8 Å². The number of thioether (sulfide) groups is 1. The lowest BCUT2D eigenvalue weighted by molar-refractivity contribution is -0.137. The highest BCUT2D eigenvalue weighted by Crippen LogP contribution is 2.39. The van der Waals surface area contributed by atoms with Gasteiger partial charge in [0, 0.05) is 6.04 Å². The van der Waals surface area contributed by atoms with Gasteiger partial charge >= 0.3 is 5.97 Å². The van der Waals surface area contributed by atoms with Gasteiger partial charge in [0.1, 0.15) is 0 Å². The van der Waals surface area contributed by atoms with Crippen molar-refractivity contribution in [3.05, 3.63) is 0 Å². The number of ether oxygens (including phenoxy) is 1. The first-order chi connectivity index (χ1) is 7.22. The maximum absolute atomic E-state index is 11.0. The van der Waals surface area contributed by atoms with Crippen molar-refractivity contribution in [1.29, 1.82) is 0 Å². The molecule has 7 heteroatoms. The summed E-state index contributed by atoms with van der Waals surface area (Å²) in [6.07, 6.45) is 2.21. The van der Waals surface area contributed by atoms with E-state index in [-0.39, 0.29) is 11.7 Å². The highest BCUT2D eigenvalue weighted by Gasteiger charge is 2.29. The number of nitrogens with zero attached hydrogens (tertiary/aromatic N) is 3. The van der Waals surface area contributed by atoms with Crippen LogP contribution in [-0.2, 0) is 9.53 Å². The normalized spacial score (nSPS) is 15.3. The van der Waals surface area contributed by atoms with Crippen LogP contribution in [0, 0.1) is 0 Å². The molecule has 2 rings (SSSR count). The maximum atomic E-state index is 11.0. The van der Waals surface area contributed by atoms with Crippen LogP contribution >= 0.6 is 11.8 Å². The topological polar surface area (TPSA) is 83.0 Å². The second-order valence-corrected chi connectivity index (χ2v) is 4.25. The minimum Gasteiger partial charge on any atom is -0.468 e. The number of hydrogen-bond donors (Lipinski definition) is 1. The summed E-state index contributed by atoms with van der Waals surface area (Å²) in [4.78, 5) is 11.0. The quantitative estimate of drug-likeness (QED) is 0.595. The molecule has 1 aromatic heterocycles. The van der Waals surface area contributed by atoms with Crippen molar-refractivity contribution >= 4 is 23.7 Å². The Morgan fingerprint density at radius 3 is 3.00 bits per heavy atom. The van der Waals surface area contributed by atoms with Crippen LogP contribution in [0.2, 0.25) is 0 Å². The molecule has 1 aliphatic carbocycles. The van der Waals surface area contributed by atoms with Gasteiger partial charge in [0.25, 0.3) is 0 Å². The van der Waals surface area contributed by atoms with E-state index in [9.17, 15) is 4.79 Å². The molecule has 0 unspecified atom stereocenters. The largest absolute Gasteiger partial charge is 0.468 e. The zero-order chi connectivity index (χ0) is 10.8. The van der Waals surface area contributed by atoms with Crippen molar-refractivity contribution in [3.8, 4) is 0 Å². The number of hydrogen-bond acceptors (Lipinski definition) is 6. The first kappa shape index (κ1) is 10.3. The predicted octanol–water partition coefficient (Wildman–Crippen LogP) is 0.460. The fraction of sp³-hybridized carbons (Fsp3) is 0.625. The SMILES string of the molecule is COC(=O)CSc1nnc(N)n1C1CC1. The molecule has 0 amide bonds. The van der Waals surface area contributed by atoms with Gasteiger partial charge in [-0.05, 0) is 12.8 Å². The van der Waals surface area contributed by atoms with Crippen LogP contribution in [0.3, 0.4) is 0 Å². The highest BCUT2D eigenvalue weighted by molar-refractivity contribution is 7.99. The molecule has 1 aliphatic rings. The van der Waals surface area contributed by atoms with Crippen LogP contribution in [-0.4, -0.2) is 33.6 Å². The zero-order valence-electron chi connectivity index (χ0n) is 8.34. The van der Waals surface area contributed by atoms with Crippen molar-refractivity contribution in [3.63, 3.8) is 0 Å². The van der Waals surface area contributed by atoms with E-state index in [1.54, 1.807) is 0 Å². The van der Waals surface area contributed by atoms with Gasteiger partial charge in [-0.2, -0.15) is 0 Å². The molecule has 2 N–H and O–H groups in total. The highest BCUT2D eigenvalue weighted by atomic mass is 32.2. The average Bonchev–Trinajstić information content (AvgIpc) is 3.00. The monoisotopic (exact) mass is 228 g/mol. The van der Waals surface area contributed by atoms with Gasteiger partial charge in [0.15, 0.2) is 5.16 Å². The summed E-state index contributed by atoms with van der Waals surface area (Å²) >= 11 is 1.30. The number of nitrogens with two attached hydrogens (primary N) is 1. The fourth-order valence-electron chi connectivity index (χ4n) is 1.25. The maximum Gasteiger partial charge on any atom is 0.316 e. The van der Waals surface area contributed by atoms with Gasteiger partial charge in [-0.15, -0.1) is 10.2 Å². The van der Waals surface area contributed by atoms with Crippen molar-refractivity contribution < 1.29 is 9.53 Å². The predicted molar refractivity (Wildman–Crippen MR) is 55.4 cm³/mol. The van der Waals surface area contributed by atoms with Crippen LogP contribution in [0.15, 0.2) is 5.16 Å². The molecule has 0 bridgehead atoms. The molecule has 6 nitrogen and oxygen atoms in total. The molecule has 0 aromatic carbocycles. The molecular formula is C8H12N4O2S. The molecule has 0 saturated heterocycles. The van der Waals surface area contributed by atoms with E-state index < -0.39 is 0 Å². The minimum absolute atomic E-state index is 0.237. The summed E-state index contributed by atoms with van der Waals surface area (Å²) in [7, 11) is 1.36. The second-order valence-electron chi connectivity index (χ2n) is 3.31. The van der Waals surface area contributed by atoms with E-state index in [4.69, 9.17) is 5.73 Å². The van der Waals surface area contributed by atoms with Crippen LogP contribution in [0.4, 0.5) is 5.95 Å². The lowest BCUT2D eigenvalue weighted by Crippen LogP contribution is -2.06. The lowest BCUT2D eigenvalue weighted by Gasteiger charge is -2.04. The molecule has 15 heavy (non-hydrogen) atoms. The number of nitrogen functional groups attached to an aromatic ring is 1. The van der Waals surface area contributed by atoms with Gasteiger partial charge < -0.3 is 10.5 Å². The lowest BCUT2D eigenvalue weighted by atomic mass is 10.7. The van der Waals surface area contributed by atoms with E-state index in [1.165, 1.54) is 18.9 Å². The summed E-state index contributed by atoms with van der Waals surface area (Å²) in [5.41, 5.74) is 5.68. The Labute approximate surface area is 91.2 Å². The van der Waals surface area contributed by atoms with Crippen LogP contribution in [0.5, 0.6) is 0 Å². The van der Waals surface area contributed by atoms with Gasteiger partial charge in [-0.3, -0.25) is 9.36 Å². The summed E-state index contributed by atoms with van der Waals surface area (Å²) < 4.78 is 6.43. The third-order valence-electron chi connectivity index (χ3n) is 2.15. The fourth-order valence-corrected chi connectivity index (χ4v) is 2.09. The van der Waals surface area contributed by atoms with E-state index in [2.05, 4.69) is 14.9 Å². The molecule has 0 radical (unpaired) electrons. The molecule has 1 saturated carbocycles. The second kappa shape index (κ2) is 4.09. The molecule has 1 aromatic rings. The van der Waals surface area contributed by atoms with E-state index in [1.807, 2.05) is 4.57 Å². The Hall–Kier alpha value is -1.24. The first-order valence-electron chi connectivity index (χ1n) is 4.62. The molecule has 1 heterocycles. The Kier molecular flexibility index (Phi) is 2.81. The number of aromatic nitrogens is 3. The van der Waals surface area contributed by atoms with Gasteiger partial charge in [0.2, 0.25) is 5.95 Å². The third-order valence-corrected chi connectivity index (χ3v) is 3.07. The molecule has 82 valence electrons. The summed E-state index contributed by atoms with van der Waals surface area (Å²) in [5.74, 6) is 0.384. The van der Waals surface area contributed by atoms with E-state index in [0.717, 1.165) is 12.8 Å². The average molecular weight is 228 g/mol. The molecule has 0 aliphatic heterocycles. The Bertz CT molecular complexity index is 375. The Morgan fingerprint density at radius 2 is 2.40 bits per heavy atom. The van der Waals surface area contributed by atoms with Gasteiger partial charge in [0.05, 0.1) is 12.9 Å². The van der Waals surface area contributed by atoms with Crippen LogP contribution < -0.4 is 5.73 Å². The molecule has 0 atom stereocenters. The van der Waals surface area contributed by atoms with Gasteiger partial charge in [-0.1, -0.05) is 11.8 Å². The standard InChI is InChI=1S/C8H12N4O2S/c1-14-6(13)4-15-8-11-10-7(9)12(8)5-2-3-5/h5H,2-4H2,1H3,(H2,9,10). The van der Waals surface area contributed by atoms with Crippen molar-refractivity contribution in [2.75, 3.05) is 18.6 Å². The summed E-state index contributed by atoms with van der Waals surface area (Å²) in [5, 5.41) is 8.42. The van der Waals surface area contributed by atoms with Crippen molar-refractivity contribution in [2.24, 2.45) is 0 Å². The van der Waals surface area contributed by atoms with Crippen molar-refractivity contribution in [2.45, 2.75) is 24.0 Å². The smallest absolute Gasteiger partial charge is 0.316 e. The number of esters is 1. The number of rotatable bonds is 4. The molecule has 0 spiro atoms.